The lowest BCUT2D eigenvalue weighted by Crippen LogP contribution is -2.25. The number of hydrogen-bond donors (Lipinski definition) is 2. The molecule has 3 aromatic heterocycles. The number of nitrogens with two attached hydrogens (primary N) is 1. The van der Waals surface area contributed by atoms with E-state index < -0.39 is 5.91 Å². The third-order valence-corrected chi connectivity index (χ3v) is 4.31. The number of amides is 1. The van der Waals surface area contributed by atoms with Crippen molar-refractivity contribution in [3.05, 3.63) is 41.5 Å². The van der Waals surface area contributed by atoms with Crippen LogP contribution in [0.2, 0.25) is 0 Å². The van der Waals surface area contributed by atoms with Gasteiger partial charge in [0.2, 0.25) is 11.6 Å². The molecule has 1 aliphatic rings. The van der Waals surface area contributed by atoms with Crippen LogP contribution in [0.5, 0.6) is 0 Å². The van der Waals surface area contributed by atoms with Crippen molar-refractivity contribution < 1.29 is 9.42 Å². The number of carbonyl (C=O) groups excluding carboxylic acids is 1. The second kappa shape index (κ2) is 7.92. The number of nitrogens with zero attached hydrogens (tertiary/aromatic N) is 8. The van der Waals surface area contributed by atoms with Gasteiger partial charge in [-0.2, -0.15) is 9.78 Å². The number of carbonyl (C=O) groups is 1. The molecule has 0 unspecified atom stereocenters. The summed E-state index contributed by atoms with van der Waals surface area (Å²) in [6, 6.07) is 3.59. The highest BCUT2D eigenvalue weighted by Gasteiger charge is 2.26. The molecule has 0 spiro atoms. The van der Waals surface area contributed by atoms with Crippen LogP contribution >= 0.6 is 0 Å². The van der Waals surface area contributed by atoms with Crippen molar-refractivity contribution in [3.63, 3.8) is 0 Å². The van der Waals surface area contributed by atoms with E-state index in [0.717, 1.165) is 31.5 Å². The SMILES string of the molecule is Nc1nonc1-n1nnc(C(=O)NN=Cc2cccnc2)c1CN1CCCC1. The van der Waals surface area contributed by atoms with Gasteiger partial charge in [-0.3, -0.25) is 14.7 Å². The van der Waals surface area contributed by atoms with Gasteiger partial charge in [-0.05, 0) is 42.3 Å². The molecule has 4 rings (SSSR count). The smallest absolute Gasteiger partial charge is 0.293 e. The average Bonchev–Trinajstić information content (AvgIpc) is 3.44. The highest BCUT2D eigenvalue weighted by molar-refractivity contribution is 5.94. The number of aromatic nitrogens is 6. The fourth-order valence-corrected chi connectivity index (χ4v) is 2.95. The Kier molecular flexibility index (Phi) is 5.01. The summed E-state index contributed by atoms with van der Waals surface area (Å²) < 4.78 is 6.03. The van der Waals surface area contributed by atoms with Crippen molar-refractivity contribution in [3.8, 4) is 5.82 Å². The molecule has 1 fully saturated rings. The van der Waals surface area contributed by atoms with Gasteiger partial charge in [0.15, 0.2) is 5.69 Å². The number of likely N-dealkylation sites (tertiary alicyclic amines) is 1. The van der Waals surface area contributed by atoms with Crippen LogP contribution in [0.1, 0.15) is 34.6 Å². The zero-order valence-corrected chi connectivity index (χ0v) is 14.9. The molecule has 1 amide bonds. The molecule has 4 heterocycles. The Morgan fingerprint density at radius 3 is 2.93 bits per heavy atom. The van der Waals surface area contributed by atoms with Crippen LogP contribution < -0.4 is 11.2 Å². The van der Waals surface area contributed by atoms with Crippen LogP contribution in [0.4, 0.5) is 5.82 Å². The summed E-state index contributed by atoms with van der Waals surface area (Å²) in [6.07, 6.45) is 6.99. The lowest BCUT2D eigenvalue weighted by atomic mass is 10.2. The van der Waals surface area contributed by atoms with Crippen molar-refractivity contribution in [1.82, 2.24) is 40.6 Å². The standard InChI is InChI=1S/C16H18N10O2/c17-14-15(23-28-22-14)26-12(10-25-6-1-2-7-25)13(20-24-26)16(27)21-19-9-11-4-3-5-18-8-11/h3-5,8-9H,1-2,6-7,10H2,(H2,17,22)(H,21,27). The molecule has 28 heavy (non-hydrogen) atoms. The van der Waals surface area contributed by atoms with Gasteiger partial charge < -0.3 is 5.73 Å². The van der Waals surface area contributed by atoms with Gasteiger partial charge in [0.1, 0.15) is 0 Å². The molecule has 1 saturated heterocycles. The van der Waals surface area contributed by atoms with Gasteiger partial charge in [0.05, 0.1) is 11.9 Å². The van der Waals surface area contributed by atoms with Crippen LogP contribution in [0.25, 0.3) is 5.82 Å². The van der Waals surface area contributed by atoms with E-state index in [4.69, 9.17) is 5.73 Å². The molecule has 12 heteroatoms. The fraction of sp³-hybridized carbons (Fsp3) is 0.312. The Hall–Kier alpha value is -3.67. The summed E-state index contributed by atoms with van der Waals surface area (Å²) in [5.74, 6) is -0.232. The van der Waals surface area contributed by atoms with E-state index in [1.165, 1.54) is 10.9 Å². The first-order valence-electron chi connectivity index (χ1n) is 8.71. The first-order chi connectivity index (χ1) is 13.7. The molecule has 0 saturated carbocycles. The zero-order chi connectivity index (χ0) is 19.3. The normalized spacial score (nSPS) is 14.7. The maximum atomic E-state index is 12.6. The van der Waals surface area contributed by atoms with E-state index in [1.807, 2.05) is 6.07 Å². The number of hydrazone groups is 1. The van der Waals surface area contributed by atoms with E-state index in [2.05, 4.69) is 45.7 Å². The van der Waals surface area contributed by atoms with Crippen LogP contribution in [0.3, 0.4) is 0 Å². The second-order valence-electron chi connectivity index (χ2n) is 6.24. The van der Waals surface area contributed by atoms with E-state index in [1.54, 1.807) is 18.5 Å². The van der Waals surface area contributed by atoms with Crippen molar-refractivity contribution in [1.29, 1.82) is 0 Å². The lowest BCUT2D eigenvalue weighted by molar-refractivity contribution is 0.0948. The highest BCUT2D eigenvalue weighted by Crippen LogP contribution is 2.19. The van der Waals surface area contributed by atoms with Gasteiger partial charge in [-0.15, -0.1) is 5.10 Å². The third-order valence-electron chi connectivity index (χ3n) is 4.31. The molecule has 0 aromatic carbocycles. The van der Waals surface area contributed by atoms with E-state index in [9.17, 15) is 4.79 Å². The van der Waals surface area contributed by atoms with Crippen molar-refractivity contribution in [2.24, 2.45) is 5.10 Å². The summed E-state index contributed by atoms with van der Waals surface area (Å²) in [5, 5.41) is 19.3. The van der Waals surface area contributed by atoms with Crippen LogP contribution in [-0.2, 0) is 6.54 Å². The van der Waals surface area contributed by atoms with E-state index in [0.29, 0.717) is 12.2 Å². The average molecular weight is 382 g/mol. The van der Waals surface area contributed by atoms with Crippen molar-refractivity contribution in [2.75, 3.05) is 18.8 Å². The molecule has 0 atom stereocenters. The van der Waals surface area contributed by atoms with Gasteiger partial charge in [-0.25, -0.2) is 10.1 Å². The predicted octanol–water partition coefficient (Wildman–Crippen LogP) is -0.0128. The summed E-state index contributed by atoms with van der Waals surface area (Å²) in [6.45, 7) is 2.32. The van der Waals surface area contributed by atoms with Crippen LogP contribution in [0, 0.1) is 0 Å². The van der Waals surface area contributed by atoms with E-state index in [-0.39, 0.29) is 17.3 Å². The number of anilines is 1. The van der Waals surface area contributed by atoms with Crippen molar-refractivity contribution in [2.45, 2.75) is 19.4 Å². The number of nitrogen functional groups attached to an aromatic ring is 1. The molecular formula is C16H18N10O2. The minimum Gasteiger partial charge on any atom is -0.378 e. The molecule has 0 radical (unpaired) electrons. The largest absolute Gasteiger partial charge is 0.378 e. The Morgan fingerprint density at radius 2 is 2.21 bits per heavy atom. The fourth-order valence-electron chi connectivity index (χ4n) is 2.95. The zero-order valence-electron chi connectivity index (χ0n) is 14.9. The summed E-state index contributed by atoms with van der Waals surface area (Å²) in [5.41, 5.74) is 9.68. The Morgan fingerprint density at radius 1 is 1.36 bits per heavy atom. The first-order valence-corrected chi connectivity index (χ1v) is 8.71. The van der Waals surface area contributed by atoms with Gasteiger partial charge in [0, 0.05) is 24.5 Å². The predicted molar refractivity (Wildman–Crippen MR) is 97.4 cm³/mol. The molecule has 0 aliphatic carbocycles. The highest BCUT2D eigenvalue weighted by atomic mass is 16.6. The van der Waals surface area contributed by atoms with Crippen LogP contribution in [-0.4, -0.2) is 60.4 Å². The molecule has 3 N–H and O–H groups in total. The summed E-state index contributed by atoms with van der Waals surface area (Å²) in [7, 11) is 0. The Balaban J connectivity index is 1.58. The molecular weight excluding hydrogens is 364 g/mol. The minimum absolute atomic E-state index is 0.0640. The molecule has 144 valence electrons. The quantitative estimate of drug-likeness (QED) is 0.442. The second-order valence-corrected chi connectivity index (χ2v) is 6.24. The molecule has 1 aliphatic heterocycles. The van der Waals surface area contributed by atoms with Gasteiger partial charge in [0.25, 0.3) is 5.91 Å². The maximum Gasteiger partial charge on any atom is 0.293 e. The first kappa shape index (κ1) is 17.7. The molecule has 0 bridgehead atoms. The number of pyridine rings is 1. The van der Waals surface area contributed by atoms with E-state index >= 15 is 0 Å². The summed E-state index contributed by atoms with van der Waals surface area (Å²) in [4.78, 5) is 18.8. The number of hydrogen-bond acceptors (Lipinski definition) is 10. The topological polar surface area (TPSA) is 153 Å². The summed E-state index contributed by atoms with van der Waals surface area (Å²) >= 11 is 0. The molecule has 12 nitrogen and oxygen atoms in total. The maximum absolute atomic E-state index is 12.6. The van der Waals surface area contributed by atoms with Crippen LogP contribution in [0.15, 0.2) is 34.3 Å². The minimum atomic E-state index is -0.490. The Labute approximate surface area is 159 Å². The monoisotopic (exact) mass is 382 g/mol. The van der Waals surface area contributed by atoms with Gasteiger partial charge in [-0.1, -0.05) is 11.3 Å². The lowest BCUT2D eigenvalue weighted by Gasteiger charge is -2.15. The van der Waals surface area contributed by atoms with Gasteiger partial charge >= 0.3 is 0 Å². The number of nitrogens with one attached hydrogen (secondary N) is 1. The van der Waals surface area contributed by atoms with Crippen molar-refractivity contribution >= 4 is 17.9 Å². The Bertz CT molecular complexity index is 974. The molecule has 3 aromatic rings. The third kappa shape index (κ3) is 3.71. The number of rotatable bonds is 6.